The number of rotatable bonds is 8. The average molecular weight is 553 g/mol. The van der Waals surface area contributed by atoms with E-state index in [1.54, 1.807) is 0 Å². The second-order valence-corrected chi connectivity index (χ2v) is 19.8. The van der Waals surface area contributed by atoms with Gasteiger partial charge in [0.1, 0.15) is 16.1 Å². The molecule has 0 bridgehead atoms. The van der Waals surface area contributed by atoms with E-state index in [2.05, 4.69) is 147 Å². The summed E-state index contributed by atoms with van der Waals surface area (Å²) in [6, 6.07) is 43.1. The van der Waals surface area contributed by atoms with Crippen LogP contribution in [0.5, 0.6) is 0 Å². The predicted molar refractivity (Wildman–Crippen MR) is 176 cm³/mol. The van der Waals surface area contributed by atoms with Gasteiger partial charge in [-0.3, -0.25) is 9.97 Å². The fraction of sp³-hybridized carbons (Fsp3) is 0.111. The van der Waals surface area contributed by atoms with Crippen molar-refractivity contribution in [3.05, 3.63) is 167 Å². The molecule has 4 heteroatoms. The summed E-state index contributed by atoms with van der Waals surface area (Å²) >= 11 is 0. The number of hydrogen-bond acceptors (Lipinski definition) is 2. The fourth-order valence-corrected chi connectivity index (χ4v) is 9.36. The van der Waals surface area contributed by atoms with E-state index in [4.69, 9.17) is 9.97 Å². The van der Waals surface area contributed by atoms with Gasteiger partial charge in [0.25, 0.3) is 0 Å². The van der Waals surface area contributed by atoms with Gasteiger partial charge in [0.15, 0.2) is 0 Å². The van der Waals surface area contributed by atoms with Crippen molar-refractivity contribution in [1.29, 1.82) is 0 Å². The van der Waals surface area contributed by atoms with Gasteiger partial charge < -0.3 is 0 Å². The summed E-state index contributed by atoms with van der Waals surface area (Å²) in [6.07, 6.45) is 3.81. The smallest absolute Gasteiger partial charge is 0.128 e. The van der Waals surface area contributed by atoms with E-state index in [9.17, 15) is 0 Å². The molecular weight excluding hydrogens is 517 g/mol. The van der Waals surface area contributed by atoms with Gasteiger partial charge in [0.2, 0.25) is 0 Å². The van der Waals surface area contributed by atoms with Gasteiger partial charge in [-0.15, -0.1) is 0 Å². The highest BCUT2D eigenvalue weighted by atomic mass is 28.3. The van der Waals surface area contributed by atoms with Crippen LogP contribution in [0.25, 0.3) is 11.1 Å². The highest BCUT2D eigenvalue weighted by Crippen LogP contribution is 2.30. The second-order valence-electron chi connectivity index (χ2n) is 11.3. The van der Waals surface area contributed by atoms with Crippen molar-refractivity contribution in [2.75, 3.05) is 0 Å². The van der Waals surface area contributed by atoms with Gasteiger partial charge in [-0.1, -0.05) is 135 Å². The third-order valence-corrected chi connectivity index (χ3v) is 12.6. The molecule has 0 aliphatic heterocycles. The molecule has 3 aromatic carbocycles. The molecule has 0 aliphatic rings. The molecule has 0 saturated heterocycles. The van der Waals surface area contributed by atoms with Crippen LogP contribution in [0.2, 0.25) is 26.2 Å². The molecule has 0 atom stereocenters. The maximum atomic E-state index is 4.73. The fourth-order valence-electron chi connectivity index (χ4n) is 5.09. The molecule has 5 rings (SSSR count). The van der Waals surface area contributed by atoms with E-state index < -0.39 is 16.1 Å². The summed E-state index contributed by atoms with van der Waals surface area (Å²) in [6.45, 7) is 9.47. The molecule has 0 radical (unpaired) electrons. The third-order valence-electron chi connectivity index (χ3n) is 7.34. The Hall–Kier alpha value is -4.13. The van der Waals surface area contributed by atoms with Crippen LogP contribution < -0.4 is 10.6 Å². The van der Waals surface area contributed by atoms with E-state index in [1.165, 1.54) is 44.0 Å². The second kappa shape index (κ2) is 11.9. The summed E-state index contributed by atoms with van der Waals surface area (Å²) < 4.78 is 0. The van der Waals surface area contributed by atoms with E-state index in [-0.39, 0.29) is 0 Å². The van der Waals surface area contributed by atoms with Crippen molar-refractivity contribution in [2.24, 2.45) is 0 Å². The van der Waals surface area contributed by atoms with Gasteiger partial charge >= 0.3 is 0 Å². The highest BCUT2D eigenvalue weighted by molar-refractivity contribution is 6.94. The molecule has 0 N–H and O–H groups in total. The maximum absolute atomic E-state index is 4.73. The molecule has 2 aromatic heterocycles. The molecule has 5 aromatic rings. The van der Waals surface area contributed by atoms with E-state index in [0.717, 1.165) is 0 Å². The number of pyridine rings is 2. The first-order valence-corrected chi connectivity index (χ1v) is 20.0. The lowest BCUT2D eigenvalue weighted by Gasteiger charge is -2.22. The van der Waals surface area contributed by atoms with Crippen LogP contribution in [0.4, 0.5) is 0 Å². The quantitative estimate of drug-likeness (QED) is 0.185. The first kappa shape index (κ1) is 27.4. The van der Waals surface area contributed by atoms with Gasteiger partial charge in [-0.25, -0.2) is 0 Å². The highest BCUT2D eigenvalue weighted by Gasteiger charge is 2.25. The minimum Gasteiger partial charge on any atom is -0.266 e. The van der Waals surface area contributed by atoms with Crippen LogP contribution in [-0.2, 0) is 0 Å². The number of aromatic nitrogens is 2. The van der Waals surface area contributed by atoms with Crippen LogP contribution in [-0.4, -0.2) is 26.1 Å². The molecule has 0 spiro atoms. The van der Waals surface area contributed by atoms with Crippen LogP contribution >= 0.6 is 0 Å². The van der Waals surface area contributed by atoms with Crippen LogP contribution in [0.15, 0.2) is 145 Å². The SMILES string of the molecule is C[Si](C)(/C=C(\c1ccccc1)c1ccc(/C(=C/[Si](C)(C)c2ccccn2)c2ccccc2)cc1)c1ccccn1. The van der Waals surface area contributed by atoms with Crippen molar-refractivity contribution >= 4 is 37.9 Å². The molecule has 0 aliphatic carbocycles. The Kier molecular flexibility index (Phi) is 8.20. The third kappa shape index (κ3) is 6.36. The van der Waals surface area contributed by atoms with Crippen molar-refractivity contribution in [3.8, 4) is 0 Å². The summed E-state index contributed by atoms with van der Waals surface area (Å²) in [5.74, 6) is 0. The van der Waals surface area contributed by atoms with Gasteiger partial charge in [0.05, 0.1) is 0 Å². The van der Waals surface area contributed by atoms with E-state index >= 15 is 0 Å². The van der Waals surface area contributed by atoms with Crippen molar-refractivity contribution in [1.82, 2.24) is 9.97 Å². The number of nitrogens with zero attached hydrogens (tertiary/aromatic N) is 2. The zero-order valence-corrected chi connectivity index (χ0v) is 25.8. The topological polar surface area (TPSA) is 25.8 Å². The zero-order chi connectivity index (χ0) is 28.0. The zero-order valence-electron chi connectivity index (χ0n) is 23.8. The first-order chi connectivity index (χ1) is 19.3. The molecule has 0 amide bonds. The molecule has 40 heavy (non-hydrogen) atoms. The van der Waals surface area contributed by atoms with Crippen molar-refractivity contribution in [3.63, 3.8) is 0 Å². The lowest BCUT2D eigenvalue weighted by Crippen LogP contribution is -2.42. The van der Waals surface area contributed by atoms with Gasteiger partial charge in [0, 0.05) is 23.0 Å². The van der Waals surface area contributed by atoms with Gasteiger partial charge in [-0.2, -0.15) is 0 Å². The molecular formula is C36H36N2Si2. The van der Waals surface area contributed by atoms with Crippen LogP contribution in [0, 0.1) is 0 Å². The molecule has 0 unspecified atom stereocenters. The van der Waals surface area contributed by atoms with Crippen molar-refractivity contribution < 1.29 is 0 Å². The lowest BCUT2D eigenvalue weighted by molar-refractivity contribution is 1.37. The average Bonchev–Trinajstić information content (AvgIpc) is 3.01. The number of benzene rings is 3. The Morgan fingerprint density at radius 1 is 0.425 bits per heavy atom. The Balaban J connectivity index is 1.59. The largest absolute Gasteiger partial charge is 0.266 e. The van der Waals surface area contributed by atoms with E-state index in [0.29, 0.717) is 0 Å². The summed E-state index contributed by atoms with van der Waals surface area (Å²) in [4.78, 5) is 9.46. The molecule has 0 fully saturated rings. The summed E-state index contributed by atoms with van der Waals surface area (Å²) in [7, 11) is -3.90. The first-order valence-electron chi connectivity index (χ1n) is 13.8. The molecule has 2 nitrogen and oxygen atoms in total. The minimum absolute atomic E-state index is 1.19. The summed E-state index contributed by atoms with van der Waals surface area (Å²) in [5.41, 5.74) is 12.4. The Morgan fingerprint density at radius 2 is 0.750 bits per heavy atom. The standard InChI is InChI=1S/C36H36N2Si2/c1-39(2,35-19-11-13-25-37-35)27-33(29-15-7-5-8-16-29)31-21-23-32(24-22-31)34(30-17-9-6-10-18-30)28-40(3,4)36-20-12-14-26-38-36/h5-28H,1-4H3/b33-27+,34-28+. The maximum Gasteiger partial charge on any atom is 0.128 e. The Morgan fingerprint density at radius 3 is 1.07 bits per heavy atom. The molecule has 198 valence electrons. The van der Waals surface area contributed by atoms with E-state index in [1.807, 2.05) is 24.5 Å². The molecule has 0 saturated carbocycles. The normalized spacial score (nSPS) is 12.8. The monoisotopic (exact) mass is 552 g/mol. The van der Waals surface area contributed by atoms with Crippen molar-refractivity contribution in [2.45, 2.75) is 26.2 Å². The van der Waals surface area contributed by atoms with Crippen LogP contribution in [0.1, 0.15) is 22.3 Å². The Bertz CT molecular complexity index is 1470. The van der Waals surface area contributed by atoms with Gasteiger partial charge in [-0.05, 0) is 57.7 Å². The van der Waals surface area contributed by atoms with Crippen LogP contribution in [0.3, 0.4) is 0 Å². The predicted octanol–water partition coefficient (Wildman–Crippen LogP) is 7.65. The number of hydrogen-bond donors (Lipinski definition) is 0. The Labute approximate surface area is 240 Å². The molecule has 2 heterocycles. The summed E-state index contributed by atoms with van der Waals surface area (Å²) in [5, 5.41) is 2.38. The lowest BCUT2D eigenvalue weighted by atomic mass is 9.95. The minimum atomic E-state index is -1.95.